The van der Waals surface area contributed by atoms with Crippen LogP contribution in [0, 0.1) is 11.6 Å². The molecule has 98 valence electrons. The molecule has 2 aromatic rings. The second-order valence-electron chi connectivity index (χ2n) is 4.01. The number of amides is 1. The van der Waals surface area contributed by atoms with E-state index in [-0.39, 0.29) is 5.56 Å². The number of carbonyl (C=O) groups excluding carboxylic acids is 1. The van der Waals surface area contributed by atoms with E-state index in [1.807, 2.05) is 0 Å². The summed E-state index contributed by atoms with van der Waals surface area (Å²) in [7, 11) is 0. The topological polar surface area (TPSA) is 55.1 Å². The van der Waals surface area contributed by atoms with Crippen molar-refractivity contribution in [2.75, 3.05) is 5.32 Å². The first-order chi connectivity index (χ1) is 9.08. The summed E-state index contributed by atoms with van der Waals surface area (Å²) < 4.78 is 26.8. The lowest BCUT2D eigenvalue weighted by Gasteiger charge is -2.17. The van der Waals surface area contributed by atoms with Crippen LogP contribution in [0.3, 0.4) is 0 Å². The van der Waals surface area contributed by atoms with E-state index in [4.69, 9.17) is 5.73 Å². The number of nitrogens with one attached hydrogen (secondary N) is 1. The Kier molecular flexibility index (Phi) is 3.75. The zero-order chi connectivity index (χ0) is 13.8. The van der Waals surface area contributed by atoms with Crippen molar-refractivity contribution in [3.8, 4) is 0 Å². The molecule has 2 aromatic carbocycles. The van der Waals surface area contributed by atoms with Crippen LogP contribution in [0.4, 0.5) is 14.5 Å². The zero-order valence-electron chi connectivity index (χ0n) is 9.94. The van der Waals surface area contributed by atoms with E-state index in [2.05, 4.69) is 5.32 Å². The molecule has 3 N–H and O–H groups in total. The first-order valence-electron chi connectivity index (χ1n) is 5.64. The molecule has 0 spiro atoms. The Hall–Kier alpha value is -2.43. The molecule has 0 bridgehead atoms. The van der Waals surface area contributed by atoms with Gasteiger partial charge in [-0.2, -0.15) is 0 Å². The number of primary amides is 1. The molecule has 0 saturated heterocycles. The highest BCUT2D eigenvalue weighted by Gasteiger charge is 2.21. The van der Waals surface area contributed by atoms with Crippen molar-refractivity contribution >= 4 is 11.6 Å². The summed E-state index contributed by atoms with van der Waals surface area (Å²) >= 11 is 0. The third-order valence-corrected chi connectivity index (χ3v) is 2.64. The van der Waals surface area contributed by atoms with Crippen LogP contribution >= 0.6 is 0 Å². The molecule has 0 heterocycles. The fraction of sp³-hybridized carbons (Fsp3) is 0.0714. The minimum absolute atomic E-state index is 0.114. The van der Waals surface area contributed by atoms with Crippen LogP contribution in [0.1, 0.15) is 11.6 Å². The molecule has 0 radical (unpaired) electrons. The second-order valence-corrected chi connectivity index (χ2v) is 4.01. The molecule has 0 aliphatic carbocycles. The Balaban J connectivity index is 2.35. The number of anilines is 1. The molecule has 19 heavy (non-hydrogen) atoms. The standard InChI is InChI=1S/C14H12F2N2O/c15-9-6-7-12(16)11(8-9)13(14(17)19)18-10-4-2-1-3-5-10/h1-8,13,18H,(H2,17,19). The average molecular weight is 262 g/mol. The minimum atomic E-state index is -1.13. The summed E-state index contributed by atoms with van der Waals surface area (Å²) in [5, 5.41) is 2.78. The molecule has 1 amide bonds. The molecule has 1 unspecified atom stereocenters. The SMILES string of the molecule is NC(=O)C(Nc1ccccc1)c1cc(F)ccc1F. The van der Waals surface area contributed by atoms with Crippen molar-refractivity contribution < 1.29 is 13.6 Å². The molecule has 5 heteroatoms. The summed E-state index contributed by atoms with van der Waals surface area (Å²) in [5.41, 5.74) is 5.72. The fourth-order valence-corrected chi connectivity index (χ4v) is 1.74. The predicted molar refractivity (Wildman–Crippen MR) is 68.4 cm³/mol. The van der Waals surface area contributed by atoms with E-state index in [1.54, 1.807) is 30.3 Å². The van der Waals surface area contributed by atoms with Gasteiger partial charge in [-0.1, -0.05) is 18.2 Å². The first kappa shape index (κ1) is 13.0. The van der Waals surface area contributed by atoms with E-state index < -0.39 is 23.6 Å². The van der Waals surface area contributed by atoms with Crippen molar-refractivity contribution in [1.29, 1.82) is 0 Å². The van der Waals surface area contributed by atoms with Crippen LogP contribution in [0.25, 0.3) is 0 Å². The lowest BCUT2D eigenvalue weighted by atomic mass is 10.0. The molecular weight excluding hydrogens is 250 g/mol. The molecule has 0 aliphatic rings. The fourth-order valence-electron chi connectivity index (χ4n) is 1.74. The van der Waals surface area contributed by atoms with Gasteiger partial charge in [0.15, 0.2) is 0 Å². The van der Waals surface area contributed by atoms with Gasteiger partial charge < -0.3 is 11.1 Å². The van der Waals surface area contributed by atoms with Gasteiger partial charge in [-0.3, -0.25) is 4.79 Å². The molecule has 2 rings (SSSR count). The number of hydrogen-bond donors (Lipinski definition) is 2. The minimum Gasteiger partial charge on any atom is -0.370 e. The van der Waals surface area contributed by atoms with Crippen LogP contribution in [-0.2, 0) is 4.79 Å². The Morgan fingerprint density at radius 3 is 2.42 bits per heavy atom. The Morgan fingerprint density at radius 1 is 1.11 bits per heavy atom. The molecule has 1 atom stereocenters. The summed E-state index contributed by atoms with van der Waals surface area (Å²) in [6.45, 7) is 0. The number of nitrogens with two attached hydrogens (primary N) is 1. The normalized spacial score (nSPS) is 11.9. The van der Waals surface area contributed by atoms with Gasteiger partial charge in [-0.05, 0) is 30.3 Å². The highest BCUT2D eigenvalue weighted by molar-refractivity contribution is 5.84. The Labute approximate surface area is 109 Å². The smallest absolute Gasteiger partial charge is 0.244 e. The van der Waals surface area contributed by atoms with Crippen LogP contribution in [-0.4, -0.2) is 5.91 Å². The zero-order valence-corrected chi connectivity index (χ0v) is 9.94. The lowest BCUT2D eigenvalue weighted by molar-refractivity contribution is -0.118. The van der Waals surface area contributed by atoms with Crippen molar-refractivity contribution in [3.05, 3.63) is 65.7 Å². The third-order valence-electron chi connectivity index (χ3n) is 2.64. The summed E-state index contributed by atoms with van der Waals surface area (Å²) in [4.78, 5) is 11.4. The number of benzene rings is 2. The van der Waals surface area contributed by atoms with Gasteiger partial charge in [0, 0.05) is 11.3 Å². The largest absolute Gasteiger partial charge is 0.370 e. The van der Waals surface area contributed by atoms with E-state index in [1.165, 1.54) is 0 Å². The van der Waals surface area contributed by atoms with Gasteiger partial charge in [0.2, 0.25) is 5.91 Å². The predicted octanol–water partition coefficient (Wildman–Crippen LogP) is 2.60. The van der Waals surface area contributed by atoms with Gasteiger partial charge >= 0.3 is 0 Å². The van der Waals surface area contributed by atoms with E-state index in [0.29, 0.717) is 5.69 Å². The second kappa shape index (κ2) is 5.48. The molecule has 0 fully saturated rings. The number of carbonyl (C=O) groups is 1. The summed E-state index contributed by atoms with van der Waals surface area (Å²) in [6, 6.07) is 10.5. The van der Waals surface area contributed by atoms with Crippen LogP contribution in [0.15, 0.2) is 48.5 Å². The van der Waals surface area contributed by atoms with E-state index in [9.17, 15) is 13.6 Å². The third kappa shape index (κ3) is 3.07. The Bertz CT molecular complexity index is 587. The number of para-hydroxylation sites is 1. The number of rotatable bonds is 4. The van der Waals surface area contributed by atoms with Gasteiger partial charge in [0.05, 0.1) is 0 Å². The highest BCUT2D eigenvalue weighted by Crippen LogP contribution is 2.22. The lowest BCUT2D eigenvalue weighted by Crippen LogP contribution is -2.28. The average Bonchev–Trinajstić information content (AvgIpc) is 2.40. The summed E-state index contributed by atoms with van der Waals surface area (Å²) in [5.74, 6) is -2.10. The Morgan fingerprint density at radius 2 is 1.79 bits per heavy atom. The molecule has 3 nitrogen and oxygen atoms in total. The molecular formula is C14H12F2N2O. The van der Waals surface area contributed by atoms with Gasteiger partial charge in [-0.15, -0.1) is 0 Å². The van der Waals surface area contributed by atoms with Crippen LogP contribution in [0.2, 0.25) is 0 Å². The van der Waals surface area contributed by atoms with Crippen LogP contribution in [0.5, 0.6) is 0 Å². The van der Waals surface area contributed by atoms with Gasteiger partial charge in [0.25, 0.3) is 0 Å². The number of halogens is 2. The van der Waals surface area contributed by atoms with Gasteiger partial charge in [-0.25, -0.2) is 8.78 Å². The maximum Gasteiger partial charge on any atom is 0.244 e. The van der Waals surface area contributed by atoms with E-state index >= 15 is 0 Å². The van der Waals surface area contributed by atoms with Gasteiger partial charge in [0.1, 0.15) is 17.7 Å². The molecule has 0 aliphatic heterocycles. The van der Waals surface area contributed by atoms with Crippen LogP contribution < -0.4 is 11.1 Å². The quantitative estimate of drug-likeness (QED) is 0.889. The first-order valence-corrected chi connectivity index (χ1v) is 5.64. The maximum atomic E-state index is 13.7. The number of hydrogen-bond acceptors (Lipinski definition) is 2. The van der Waals surface area contributed by atoms with Crippen molar-refractivity contribution in [1.82, 2.24) is 0 Å². The van der Waals surface area contributed by atoms with Crippen molar-refractivity contribution in [2.45, 2.75) is 6.04 Å². The van der Waals surface area contributed by atoms with E-state index in [0.717, 1.165) is 18.2 Å². The monoisotopic (exact) mass is 262 g/mol. The highest BCUT2D eigenvalue weighted by atomic mass is 19.1. The maximum absolute atomic E-state index is 13.7. The molecule has 0 aromatic heterocycles. The summed E-state index contributed by atoms with van der Waals surface area (Å²) in [6.07, 6.45) is 0. The van der Waals surface area contributed by atoms with Crippen molar-refractivity contribution in [3.63, 3.8) is 0 Å². The molecule has 0 saturated carbocycles. The van der Waals surface area contributed by atoms with Crippen molar-refractivity contribution in [2.24, 2.45) is 5.73 Å².